The molecule has 1 unspecified atom stereocenters. The summed E-state index contributed by atoms with van der Waals surface area (Å²) >= 11 is 0. The first kappa shape index (κ1) is 9.68. The number of aromatic amines is 1. The Hall–Kier alpha value is -0.870. The molecular weight excluding hydrogens is 176 g/mol. The van der Waals surface area contributed by atoms with Gasteiger partial charge in [-0.15, -0.1) is 0 Å². The van der Waals surface area contributed by atoms with E-state index in [-0.39, 0.29) is 0 Å². The summed E-state index contributed by atoms with van der Waals surface area (Å²) in [6, 6.07) is 1.05. The number of hydrogen-bond acceptors (Lipinski definition) is 3. The zero-order valence-corrected chi connectivity index (χ0v) is 8.59. The van der Waals surface area contributed by atoms with Gasteiger partial charge in [-0.2, -0.15) is 5.10 Å². The molecule has 2 rings (SSSR count). The minimum Gasteiger partial charge on any atom is -0.317 e. The second-order valence-electron chi connectivity index (χ2n) is 3.94. The van der Waals surface area contributed by atoms with Crippen LogP contribution in [0.2, 0.25) is 0 Å². The van der Waals surface area contributed by atoms with E-state index >= 15 is 0 Å². The summed E-state index contributed by atoms with van der Waals surface area (Å²) in [5, 5.41) is 13.8. The lowest BCUT2D eigenvalue weighted by Crippen LogP contribution is -2.40. The van der Waals surface area contributed by atoms with Gasteiger partial charge in [0, 0.05) is 23.8 Å². The number of piperidine rings is 1. The van der Waals surface area contributed by atoms with Crippen LogP contribution in [0.15, 0.2) is 12.4 Å². The molecule has 14 heavy (non-hydrogen) atoms. The van der Waals surface area contributed by atoms with E-state index in [9.17, 15) is 0 Å². The molecular formula is C10H18N4. The fourth-order valence-electron chi connectivity index (χ4n) is 1.94. The highest BCUT2D eigenvalue weighted by Gasteiger charge is 2.16. The maximum absolute atomic E-state index is 3.96. The van der Waals surface area contributed by atoms with E-state index in [2.05, 4.69) is 27.8 Å². The van der Waals surface area contributed by atoms with Crippen LogP contribution in [0, 0.1) is 0 Å². The van der Waals surface area contributed by atoms with Crippen molar-refractivity contribution in [2.75, 3.05) is 13.1 Å². The Balaban J connectivity index is 1.84. The van der Waals surface area contributed by atoms with E-state index in [4.69, 9.17) is 0 Å². The highest BCUT2D eigenvalue weighted by atomic mass is 15.1. The molecule has 1 aliphatic rings. The average Bonchev–Trinajstić information content (AvgIpc) is 2.72. The molecule has 1 fully saturated rings. The van der Waals surface area contributed by atoms with E-state index in [1.807, 2.05) is 12.4 Å². The molecule has 1 aromatic rings. The van der Waals surface area contributed by atoms with Crippen molar-refractivity contribution >= 4 is 0 Å². The van der Waals surface area contributed by atoms with Crippen molar-refractivity contribution in [1.29, 1.82) is 0 Å². The Morgan fingerprint density at radius 3 is 2.93 bits per heavy atom. The molecule has 1 aliphatic heterocycles. The summed E-state index contributed by atoms with van der Waals surface area (Å²) in [5.74, 6) is 0. The van der Waals surface area contributed by atoms with E-state index in [0.717, 1.165) is 13.1 Å². The summed E-state index contributed by atoms with van der Waals surface area (Å²) in [5.41, 5.74) is 1.24. The first-order valence-electron chi connectivity index (χ1n) is 5.31. The number of aromatic nitrogens is 2. The van der Waals surface area contributed by atoms with Crippen LogP contribution in [0.1, 0.15) is 31.4 Å². The molecule has 1 atom stereocenters. The topological polar surface area (TPSA) is 52.7 Å². The molecule has 4 heteroatoms. The van der Waals surface area contributed by atoms with Crippen molar-refractivity contribution in [2.24, 2.45) is 0 Å². The summed E-state index contributed by atoms with van der Waals surface area (Å²) in [6.07, 6.45) is 6.29. The number of hydrogen-bond donors (Lipinski definition) is 3. The second kappa shape index (κ2) is 4.57. The van der Waals surface area contributed by atoms with Crippen LogP contribution in [0.25, 0.3) is 0 Å². The van der Waals surface area contributed by atoms with Gasteiger partial charge >= 0.3 is 0 Å². The number of nitrogens with one attached hydrogen (secondary N) is 3. The predicted molar refractivity (Wildman–Crippen MR) is 56.0 cm³/mol. The molecule has 0 aromatic carbocycles. The fraction of sp³-hybridized carbons (Fsp3) is 0.700. The van der Waals surface area contributed by atoms with E-state index in [0.29, 0.717) is 12.1 Å². The quantitative estimate of drug-likeness (QED) is 0.667. The van der Waals surface area contributed by atoms with Crippen LogP contribution in [0.5, 0.6) is 0 Å². The van der Waals surface area contributed by atoms with Gasteiger partial charge in [-0.3, -0.25) is 5.10 Å². The van der Waals surface area contributed by atoms with Gasteiger partial charge in [0.2, 0.25) is 0 Å². The minimum absolute atomic E-state index is 0.400. The molecule has 1 saturated heterocycles. The number of H-pyrrole nitrogens is 1. The molecule has 1 aromatic heterocycles. The molecule has 3 N–H and O–H groups in total. The van der Waals surface area contributed by atoms with E-state index in [1.54, 1.807) is 0 Å². The van der Waals surface area contributed by atoms with Crippen molar-refractivity contribution < 1.29 is 0 Å². The Morgan fingerprint density at radius 1 is 1.50 bits per heavy atom. The SMILES string of the molecule is CC(NC1CCNCC1)c1cn[nH]c1. The Kier molecular flexibility index (Phi) is 3.16. The molecule has 0 radical (unpaired) electrons. The second-order valence-corrected chi connectivity index (χ2v) is 3.94. The fourth-order valence-corrected chi connectivity index (χ4v) is 1.94. The Morgan fingerprint density at radius 2 is 2.29 bits per heavy atom. The predicted octanol–water partition coefficient (Wildman–Crippen LogP) is 0.812. The number of nitrogens with zero attached hydrogens (tertiary/aromatic N) is 1. The Labute approximate surface area is 84.5 Å². The zero-order valence-electron chi connectivity index (χ0n) is 8.59. The van der Waals surface area contributed by atoms with Gasteiger partial charge in [-0.05, 0) is 32.9 Å². The molecule has 78 valence electrons. The monoisotopic (exact) mass is 194 g/mol. The molecule has 0 saturated carbocycles. The smallest absolute Gasteiger partial charge is 0.0534 e. The minimum atomic E-state index is 0.400. The highest BCUT2D eigenvalue weighted by Crippen LogP contribution is 2.13. The summed E-state index contributed by atoms with van der Waals surface area (Å²) < 4.78 is 0. The van der Waals surface area contributed by atoms with Crippen LogP contribution in [0.4, 0.5) is 0 Å². The summed E-state index contributed by atoms with van der Waals surface area (Å²) in [7, 11) is 0. The van der Waals surface area contributed by atoms with Crippen LogP contribution < -0.4 is 10.6 Å². The first-order valence-corrected chi connectivity index (χ1v) is 5.31. The van der Waals surface area contributed by atoms with Crippen LogP contribution in [0.3, 0.4) is 0 Å². The van der Waals surface area contributed by atoms with Gasteiger partial charge < -0.3 is 10.6 Å². The maximum atomic E-state index is 3.96. The molecule has 0 bridgehead atoms. The summed E-state index contributed by atoms with van der Waals surface area (Å²) in [4.78, 5) is 0. The molecule has 2 heterocycles. The maximum Gasteiger partial charge on any atom is 0.0534 e. The van der Waals surface area contributed by atoms with Crippen molar-refractivity contribution in [2.45, 2.75) is 31.8 Å². The third-order valence-electron chi connectivity index (χ3n) is 2.84. The molecule has 4 nitrogen and oxygen atoms in total. The summed E-state index contributed by atoms with van der Waals surface area (Å²) in [6.45, 7) is 4.46. The largest absolute Gasteiger partial charge is 0.317 e. The van der Waals surface area contributed by atoms with Gasteiger partial charge in [0.1, 0.15) is 0 Å². The average molecular weight is 194 g/mol. The third kappa shape index (κ3) is 2.33. The standard InChI is InChI=1S/C10H18N4/c1-8(9-6-12-13-7-9)14-10-2-4-11-5-3-10/h6-8,10-11,14H,2-5H2,1H3,(H,12,13). The van der Waals surface area contributed by atoms with Gasteiger partial charge in [-0.1, -0.05) is 0 Å². The first-order chi connectivity index (χ1) is 6.86. The lowest BCUT2D eigenvalue weighted by Gasteiger charge is -2.26. The van der Waals surface area contributed by atoms with E-state index in [1.165, 1.54) is 18.4 Å². The molecule has 0 spiro atoms. The van der Waals surface area contributed by atoms with Gasteiger partial charge in [-0.25, -0.2) is 0 Å². The van der Waals surface area contributed by atoms with Crippen molar-refractivity contribution in [3.8, 4) is 0 Å². The number of rotatable bonds is 3. The third-order valence-corrected chi connectivity index (χ3v) is 2.84. The van der Waals surface area contributed by atoms with Crippen molar-refractivity contribution in [1.82, 2.24) is 20.8 Å². The van der Waals surface area contributed by atoms with Crippen LogP contribution in [-0.2, 0) is 0 Å². The lowest BCUT2D eigenvalue weighted by molar-refractivity contribution is 0.359. The Bertz CT molecular complexity index is 251. The van der Waals surface area contributed by atoms with Gasteiger partial charge in [0.25, 0.3) is 0 Å². The van der Waals surface area contributed by atoms with Crippen molar-refractivity contribution in [3.63, 3.8) is 0 Å². The zero-order chi connectivity index (χ0) is 9.80. The lowest BCUT2D eigenvalue weighted by atomic mass is 10.0. The van der Waals surface area contributed by atoms with Gasteiger partial charge in [0.15, 0.2) is 0 Å². The molecule has 0 amide bonds. The van der Waals surface area contributed by atoms with E-state index < -0.39 is 0 Å². The highest BCUT2D eigenvalue weighted by molar-refractivity contribution is 5.08. The van der Waals surface area contributed by atoms with Gasteiger partial charge in [0.05, 0.1) is 6.20 Å². The normalized spacial score (nSPS) is 20.9. The van der Waals surface area contributed by atoms with Crippen LogP contribution in [-0.4, -0.2) is 29.3 Å². The molecule has 0 aliphatic carbocycles. The van der Waals surface area contributed by atoms with Crippen LogP contribution >= 0.6 is 0 Å². The van der Waals surface area contributed by atoms with Crippen molar-refractivity contribution in [3.05, 3.63) is 18.0 Å².